The number of nitrogens with two attached hydrogens (primary N) is 1. The van der Waals surface area contributed by atoms with Crippen molar-refractivity contribution in [2.45, 2.75) is 0 Å². The Balaban J connectivity index is 2.59. The average molecular weight is 219 g/mol. The van der Waals surface area contributed by atoms with Crippen molar-refractivity contribution in [2.24, 2.45) is 5.73 Å². The topological polar surface area (TPSA) is 77.2 Å². The zero-order valence-corrected chi connectivity index (χ0v) is 8.99. The summed E-state index contributed by atoms with van der Waals surface area (Å²) in [5, 5.41) is 2.53. The van der Waals surface area contributed by atoms with Crippen LogP contribution in [0.2, 0.25) is 0 Å². The maximum Gasteiger partial charge on any atom is 0.234 e. The smallest absolute Gasteiger partial charge is 0.234 e. The number of methoxy groups -OCH3 is 1. The van der Waals surface area contributed by atoms with E-state index in [9.17, 15) is 4.79 Å². The Bertz CT molecular complexity index is 421. The molecule has 0 saturated heterocycles. The molecule has 0 radical (unpaired) electrons. The summed E-state index contributed by atoms with van der Waals surface area (Å²) in [5.41, 5.74) is 5.67. The molecule has 3 N–H and O–H groups in total. The lowest BCUT2D eigenvalue weighted by molar-refractivity contribution is -0.119. The summed E-state index contributed by atoms with van der Waals surface area (Å²) in [4.78, 5) is 14.9. The second-order valence-corrected chi connectivity index (χ2v) is 2.84. The number of hydrogen-bond acceptors (Lipinski definition) is 4. The van der Waals surface area contributed by atoms with Crippen LogP contribution in [0.25, 0.3) is 0 Å². The Kier molecular flexibility index (Phi) is 4.83. The first kappa shape index (κ1) is 12.0. The molecule has 5 nitrogen and oxygen atoms in total. The van der Waals surface area contributed by atoms with Gasteiger partial charge in [-0.3, -0.25) is 4.79 Å². The lowest BCUT2D eigenvalue weighted by Gasteiger charge is -2.00. The molecule has 1 aromatic heterocycles. The van der Waals surface area contributed by atoms with Crippen LogP contribution in [0.5, 0.6) is 5.75 Å². The van der Waals surface area contributed by atoms with Gasteiger partial charge in [0.1, 0.15) is 0 Å². The van der Waals surface area contributed by atoms with Gasteiger partial charge in [0.2, 0.25) is 5.91 Å². The van der Waals surface area contributed by atoms with Crippen molar-refractivity contribution in [3.8, 4) is 17.6 Å². The zero-order chi connectivity index (χ0) is 11.8. The number of amides is 1. The van der Waals surface area contributed by atoms with Crippen LogP contribution in [0.15, 0.2) is 18.3 Å². The van der Waals surface area contributed by atoms with Crippen LogP contribution in [-0.2, 0) is 4.79 Å². The molecule has 5 heteroatoms. The number of carbonyl (C=O) groups is 1. The third kappa shape index (κ3) is 3.59. The normalized spacial score (nSPS) is 8.88. The molecule has 0 aromatic carbocycles. The summed E-state index contributed by atoms with van der Waals surface area (Å²) in [6.07, 6.45) is 1.63. The van der Waals surface area contributed by atoms with Gasteiger partial charge >= 0.3 is 0 Å². The van der Waals surface area contributed by atoms with Crippen LogP contribution in [0, 0.1) is 11.8 Å². The van der Waals surface area contributed by atoms with Crippen LogP contribution < -0.4 is 15.8 Å². The molecule has 0 aliphatic rings. The van der Waals surface area contributed by atoms with E-state index in [1.807, 2.05) is 0 Å². The molecule has 16 heavy (non-hydrogen) atoms. The minimum Gasteiger partial charge on any atom is -0.494 e. The van der Waals surface area contributed by atoms with Gasteiger partial charge in [-0.05, 0) is 18.1 Å². The van der Waals surface area contributed by atoms with Crippen LogP contribution in [0.3, 0.4) is 0 Å². The van der Waals surface area contributed by atoms with Crippen molar-refractivity contribution in [1.29, 1.82) is 0 Å². The first-order valence-electron chi connectivity index (χ1n) is 4.72. The largest absolute Gasteiger partial charge is 0.494 e. The Labute approximate surface area is 94.0 Å². The fourth-order valence-electron chi connectivity index (χ4n) is 0.992. The molecule has 1 heterocycles. The lowest BCUT2D eigenvalue weighted by atomic mass is 10.3. The standard InChI is InChI=1S/C11H13N3O2/c1-16-10-5-3-6-13-9(10)4-2-7-14-11(15)8-12/h3,5-6H,7-8,12H2,1H3,(H,14,15). The monoisotopic (exact) mass is 219 g/mol. The fourth-order valence-corrected chi connectivity index (χ4v) is 0.992. The molecule has 0 atom stereocenters. The molecule has 84 valence electrons. The van der Waals surface area contributed by atoms with Crippen molar-refractivity contribution in [3.05, 3.63) is 24.0 Å². The molecule has 0 aliphatic carbocycles. The molecule has 1 aromatic rings. The number of hydrogen-bond donors (Lipinski definition) is 2. The number of aromatic nitrogens is 1. The highest BCUT2D eigenvalue weighted by atomic mass is 16.5. The second-order valence-electron chi connectivity index (χ2n) is 2.84. The van der Waals surface area contributed by atoms with Gasteiger partial charge in [-0.2, -0.15) is 0 Å². The Morgan fingerprint density at radius 1 is 1.69 bits per heavy atom. The van der Waals surface area contributed by atoms with Crippen LogP contribution in [0.4, 0.5) is 0 Å². The summed E-state index contributed by atoms with van der Waals surface area (Å²) >= 11 is 0. The highest BCUT2D eigenvalue weighted by Gasteiger charge is 1.98. The number of rotatable bonds is 3. The van der Waals surface area contributed by atoms with Crippen molar-refractivity contribution < 1.29 is 9.53 Å². The Hall–Kier alpha value is -2.06. The third-order valence-corrected chi connectivity index (χ3v) is 1.76. The number of nitrogens with one attached hydrogen (secondary N) is 1. The van der Waals surface area contributed by atoms with E-state index in [2.05, 4.69) is 22.1 Å². The minimum atomic E-state index is -0.234. The highest BCUT2D eigenvalue weighted by molar-refractivity contribution is 5.77. The average Bonchev–Trinajstić information content (AvgIpc) is 2.34. The highest BCUT2D eigenvalue weighted by Crippen LogP contribution is 2.12. The second kappa shape index (κ2) is 6.43. The van der Waals surface area contributed by atoms with Gasteiger partial charge in [0.15, 0.2) is 11.4 Å². The zero-order valence-electron chi connectivity index (χ0n) is 8.99. The summed E-state index contributed by atoms with van der Waals surface area (Å²) in [6.45, 7) is 0.213. The first-order chi connectivity index (χ1) is 7.77. The van der Waals surface area contributed by atoms with Crippen molar-refractivity contribution in [1.82, 2.24) is 10.3 Å². The summed E-state index contributed by atoms with van der Waals surface area (Å²) in [5.74, 6) is 5.94. The van der Waals surface area contributed by atoms with Gasteiger partial charge in [0, 0.05) is 6.20 Å². The van der Waals surface area contributed by atoms with Gasteiger partial charge in [0.05, 0.1) is 20.2 Å². The molecule has 0 saturated carbocycles. The van der Waals surface area contributed by atoms with E-state index in [-0.39, 0.29) is 19.0 Å². The summed E-state index contributed by atoms with van der Waals surface area (Å²) in [6, 6.07) is 3.54. The van der Waals surface area contributed by atoms with E-state index in [0.717, 1.165) is 0 Å². The lowest BCUT2D eigenvalue weighted by Crippen LogP contribution is -2.30. The first-order valence-corrected chi connectivity index (χ1v) is 4.72. The molecule has 0 aliphatic heterocycles. The molecule has 1 amide bonds. The quantitative estimate of drug-likeness (QED) is 0.673. The Morgan fingerprint density at radius 2 is 2.50 bits per heavy atom. The van der Waals surface area contributed by atoms with Gasteiger partial charge < -0.3 is 15.8 Å². The third-order valence-electron chi connectivity index (χ3n) is 1.76. The van der Waals surface area contributed by atoms with E-state index < -0.39 is 0 Å². The van der Waals surface area contributed by atoms with Gasteiger partial charge in [-0.1, -0.05) is 5.92 Å². The summed E-state index contributed by atoms with van der Waals surface area (Å²) in [7, 11) is 1.55. The molecular formula is C11H13N3O2. The number of nitrogens with zero attached hydrogens (tertiary/aromatic N) is 1. The van der Waals surface area contributed by atoms with Gasteiger partial charge in [-0.15, -0.1) is 0 Å². The number of ether oxygens (including phenoxy) is 1. The SMILES string of the molecule is COc1cccnc1C#CCNC(=O)CN. The number of pyridine rings is 1. The number of carbonyl (C=O) groups excluding carboxylic acids is 1. The predicted molar refractivity (Wildman–Crippen MR) is 59.7 cm³/mol. The predicted octanol–water partition coefficient (Wildman–Crippen LogP) is -0.483. The van der Waals surface area contributed by atoms with Crippen LogP contribution in [-0.4, -0.2) is 31.1 Å². The molecule has 0 unspecified atom stereocenters. The molecule has 0 fully saturated rings. The van der Waals surface area contributed by atoms with E-state index in [1.54, 1.807) is 25.4 Å². The fraction of sp³-hybridized carbons (Fsp3) is 0.273. The maximum atomic E-state index is 10.8. The van der Waals surface area contributed by atoms with Crippen LogP contribution >= 0.6 is 0 Å². The molecule has 0 bridgehead atoms. The van der Waals surface area contributed by atoms with E-state index in [4.69, 9.17) is 10.5 Å². The summed E-state index contributed by atoms with van der Waals surface area (Å²) < 4.78 is 5.07. The van der Waals surface area contributed by atoms with E-state index in [0.29, 0.717) is 11.4 Å². The molecular weight excluding hydrogens is 206 g/mol. The maximum absolute atomic E-state index is 10.8. The van der Waals surface area contributed by atoms with E-state index in [1.165, 1.54) is 0 Å². The van der Waals surface area contributed by atoms with Gasteiger partial charge in [0.25, 0.3) is 0 Å². The van der Waals surface area contributed by atoms with Crippen molar-refractivity contribution in [2.75, 3.05) is 20.2 Å². The van der Waals surface area contributed by atoms with Crippen molar-refractivity contribution in [3.63, 3.8) is 0 Å². The minimum absolute atomic E-state index is 0.0331. The van der Waals surface area contributed by atoms with Crippen molar-refractivity contribution >= 4 is 5.91 Å². The Morgan fingerprint density at radius 3 is 3.19 bits per heavy atom. The molecule has 0 spiro atoms. The van der Waals surface area contributed by atoms with Crippen LogP contribution in [0.1, 0.15) is 5.69 Å². The van der Waals surface area contributed by atoms with E-state index >= 15 is 0 Å². The molecule has 1 rings (SSSR count). The van der Waals surface area contributed by atoms with Gasteiger partial charge in [-0.25, -0.2) is 4.98 Å².